The van der Waals surface area contributed by atoms with Gasteiger partial charge in [-0.1, -0.05) is 0 Å². The van der Waals surface area contributed by atoms with E-state index >= 15 is 0 Å². The number of rotatable bonds is 5. The maximum atomic E-state index is 8.74. The number of aliphatic hydroxyl groups excluding tert-OH is 1. The number of aromatic nitrogens is 2. The summed E-state index contributed by atoms with van der Waals surface area (Å²) in [5, 5.41) is 11.7. The average Bonchev–Trinajstić information content (AvgIpc) is 2.45. The molecule has 1 saturated heterocycles. The van der Waals surface area contributed by atoms with E-state index in [1.807, 2.05) is 6.07 Å². The molecule has 1 aromatic rings. The summed E-state index contributed by atoms with van der Waals surface area (Å²) >= 11 is 0. The smallest absolute Gasteiger partial charge is 0.223 e. The van der Waals surface area contributed by atoms with Crippen molar-refractivity contribution in [3.8, 4) is 0 Å². The molecule has 1 aromatic heterocycles. The summed E-state index contributed by atoms with van der Waals surface area (Å²) in [6.45, 7) is 2.23. The lowest BCUT2D eigenvalue weighted by Gasteiger charge is -2.32. The van der Waals surface area contributed by atoms with Crippen LogP contribution in [-0.4, -0.2) is 54.5 Å². The summed E-state index contributed by atoms with van der Waals surface area (Å²) in [7, 11) is 1.81. The van der Waals surface area contributed by atoms with Gasteiger partial charge in [-0.05, 0) is 12.8 Å². The van der Waals surface area contributed by atoms with E-state index in [0.29, 0.717) is 6.61 Å². The summed E-state index contributed by atoms with van der Waals surface area (Å²) in [4.78, 5) is 10.5. The molecule has 0 aromatic carbocycles. The molecule has 106 valence electrons. The third-order valence-electron chi connectivity index (χ3n) is 3.20. The van der Waals surface area contributed by atoms with Gasteiger partial charge in [0.25, 0.3) is 0 Å². The highest BCUT2D eigenvalue weighted by atomic mass is 16.5. The van der Waals surface area contributed by atoms with Crippen molar-refractivity contribution >= 4 is 17.6 Å². The van der Waals surface area contributed by atoms with Crippen LogP contribution in [0.4, 0.5) is 17.6 Å². The second-order valence-electron chi connectivity index (χ2n) is 4.50. The summed E-state index contributed by atoms with van der Waals surface area (Å²) in [5.41, 5.74) is 5.69. The van der Waals surface area contributed by atoms with Gasteiger partial charge >= 0.3 is 0 Å². The Bertz CT molecular complexity index is 407. The molecule has 2 rings (SSSR count). The van der Waals surface area contributed by atoms with Gasteiger partial charge in [0.05, 0.1) is 19.3 Å². The molecular weight excluding hydrogens is 246 g/mol. The molecule has 2 heterocycles. The van der Waals surface area contributed by atoms with Crippen molar-refractivity contribution in [3.63, 3.8) is 0 Å². The number of nitrogens with one attached hydrogen (secondary N) is 1. The second-order valence-corrected chi connectivity index (χ2v) is 4.50. The van der Waals surface area contributed by atoms with Gasteiger partial charge in [0.15, 0.2) is 0 Å². The Morgan fingerprint density at radius 2 is 2.21 bits per heavy atom. The van der Waals surface area contributed by atoms with Crippen LogP contribution in [0.15, 0.2) is 6.07 Å². The number of nitrogen functional groups attached to an aromatic ring is 1. The van der Waals surface area contributed by atoms with Crippen molar-refractivity contribution in [2.45, 2.75) is 18.9 Å². The highest BCUT2D eigenvalue weighted by Crippen LogP contribution is 2.22. The normalized spacial score (nSPS) is 16.6. The van der Waals surface area contributed by atoms with Crippen molar-refractivity contribution in [1.82, 2.24) is 9.97 Å². The van der Waals surface area contributed by atoms with Crippen LogP contribution in [0.2, 0.25) is 0 Å². The van der Waals surface area contributed by atoms with Crippen LogP contribution >= 0.6 is 0 Å². The predicted molar refractivity (Wildman–Crippen MR) is 74.3 cm³/mol. The molecule has 1 aliphatic rings. The Balaban J connectivity index is 1.95. The Labute approximate surface area is 112 Å². The first-order valence-electron chi connectivity index (χ1n) is 6.52. The topological polar surface area (TPSA) is 96.5 Å². The summed E-state index contributed by atoms with van der Waals surface area (Å²) < 4.78 is 5.54. The SMILES string of the molecule is CNc1cc(N2CCC(OCCO)CC2)nc(N)n1. The standard InChI is InChI=1S/C12H21N5O2/c1-14-10-8-11(16-12(13)15-10)17-4-2-9(3-5-17)19-7-6-18/h8-9,18H,2-7H2,1H3,(H3,13,14,15,16). The molecule has 19 heavy (non-hydrogen) atoms. The molecule has 7 heteroatoms. The van der Waals surface area contributed by atoms with Gasteiger partial charge in [-0.2, -0.15) is 9.97 Å². The van der Waals surface area contributed by atoms with E-state index in [4.69, 9.17) is 15.6 Å². The number of hydrogen-bond acceptors (Lipinski definition) is 7. The first kappa shape index (κ1) is 13.8. The largest absolute Gasteiger partial charge is 0.394 e. The number of ether oxygens (including phenoxy) is 1. The Morgan fingerprint density at radius 3 is 2.84 bits per heavy atom. The van der Waals surface area contributed by atoms with Crippen molar-refractivity contribution in [2.75, 3.05) is 49.3 Å². The van der Waals surface area contributed by atoms with Crippen LogP contribution in [0.5, 0.6) is 0 Å². The molecule has 0 bridgehead atoms. The molecule has 0 atom stereocenters. The fourth-order valence-electron chi connectivity index (χ4n) is 2.21. The van der Waals surface area contributed by atoms with E-state index < -0.39 is 0 Å². The van der Waals surface area contributed by atoms with Gasteiger partial charge in [0.2, 0.25) is 5.95 Å². The van der Waals surface area contributed by atoms with E-state index in [-0.39, 0.29) is 18.7 Å². The van der Waals surface area contributed by atoms with Gasteiger partial charge in [0, 0.05) is 26.2 Å². The number of nitrogens with zero attached hydrogens (tertiary/aromatic N) is 3. The molecule has 7 nitrogen and oxygen atoms in total. The molecule has 0 aliphatic carbocycles. The molecule has 0 amide bonds. The highest BCUT2D eigenvalue weighted by Gasteiger charge is 2.21. The number of piperidine rings is 1. The minimum Gasteiger partial charge on any atom is -0.394 e. The maximum Gasteiger partial charge on any atom is 0.223 e. The Morgan fingerprint density at radius 1 is 1.47 bits per heavy atom. The van der Waals surface area contributed by atoms with Crippen LogP contribution < -0.4 is 16.0 Å². The van der Waals surface area contributed by atoms with E-state index in [0.717, 1.165) is 37.6 Å². The molecule has 1 aliphatic heterocycles. The summed E-state index contributed by atoms with van der Waals surface area (Å²) in [6.07, 6.45) is 2.09. The molecule has 0 radical (unpaired) electrons. The third kappa shape index (κ3) is 3.68. The quantitative estimate of drug-likeness (QED) is 0.695. The van der Waals surface area contributed by atoms with E-state index in [9.17, 15) is 0 Å². The fraction of sp³-hybridized carbons (Fsp3) is 0.667. The van der Waals surface area contributed by atoms with E-state index in [1.165, 1.54) is 0 Å². The van der Waals surface area contributed by atoms with Crippen LogP contribution in [0.1, 0.15) is 12.8 Å². The minimum atomic E-state index is 0.0776. The van der Waals surface area contributed by atoms with Crippen molar-refractivity contribution in [1.29, 1.82) is 0 Å². The Kier molecular flexibility index (Phi) is 4.75. The summed E-state index contributed by atoms with van der Waals surface area (Å²) in [5.74, 6) is 1.85. The highest BCUT2D eigenvalue weighted by molar-refractivity contribution is 5.52. The van der Waals surface area contributed by atoms with Crippen molar-refractivity contribution in [2.24, 2.45) is 0 Å². The lowest BCUT2D eigenvalue weighted by molar-refractivity contribution is 0.0158. The minimum absolute atomic E-state index is 0.0776. The number of aliphatic hydroxyl groups is 1. The monoisotopic (exact) mass is 267 g/mol. The zero-order chi connectivity index (χ0) is 13.7. The van der Waals surface area contributed by atoms with Gasteiger partial charge in [-0.25, -0.2) is 0 Å². The van der Waals surface area contributed by atoms with E-state index in [2.05, 4.69) is 20.2 Å². The zero-order valence-corrected chi connectivity index (χ0v) is 11.2. The number of nitrogens with two attached hydrogens (primary N) is 1. The number of anilines is 3. The maximum absolute atomic E-state index is 8.74. The molecule has 0 unspecified atom stereocenters. The number of hydrogen-bond donors (Lipinski definition) is 3. The summed E-state index contributed by atoms with van der Waals surface area (Å²) in [6, 6.07) is 1.89. The molecule has 0 saturated carbocycles. The van der Waals surface area contributed by atoms with Gasteiger partial charge in [-0.15, -0.1) is 0 Å². The molecule has 0 spiro atoms. The zero-order valence-electron chi connectivity index (χ0n) is 11.2. The van der Waals surface area contributed by atoms with Gasteiger partial charge in [0.1, 0.15) is 11.6 Å². The molecular formula is C12H21N5O2. The lowest BCUT2D eigenvalue weighted by Crippen LogP contribution is -2.38. The lowest BCUT2D eigenvalue weighted by atomic mass is 10.1. The average molecular weight is 267 g/mol. The van der Waals surface area contributed by atoms with Crippen molar-refractivity contribution < 1.29 is 9.84 Å². The van der Waals surface area contributed by atoms with Gasteiger partial charge in [-0.3, -0.25) is 0 Å². The molecule has 4 N–H and O–H groups in total. The third-order valence-corrected chi connectivity index (χ3v) is 3.20. The predicted octanol–water partition coefficient (Wildman–Crippen LogP) is 0.0782. The van der Waals surface area contributed by atoms with Gasteiger partial charge < -0.3 is 25.8 Å². The molecule has 1 fully saturated rings. The van der Waals surface area contributed by atoms with E-state index in [1.54, 1.807) is 7.05 Å². The van der Waals surface area contributed by atoms with Crippen LogP contribution in [0.25, 0.3) is 0 Å². The second kappa shape index (κ2) is 6.53. The first-order valence-corrected chi connectivity index (χ1v) is 6.52. The Hall–Kier alpha value is -1.60. The van der Waals surface area contributed by atoms with Crippen LogP contribution in [-0.2, 0) is 4.74 Å². The first-order chi connectivity index (χ1) is 9.22. The van der Waals surface area contributed by atoms with Crippen LogP contribution in [0, 0.1) is 0 Å². The fourth-order valence-corrected chi connectivity index (χ4v) is 2.21. The van der Waals surface area contributed by atoms with Crippen molar-refractivity contribution in [3.05, 3.63) is 6.07 Å². The van der Waals surface area contributed by atoms with Crippen LogP contribution in [0.3, 0.4) is 0 Å².